The summed E-state index contributed by atoms with van der Waals surface area (Å²) in [5.74, 6) is -1.18. The van der Waals surface area contributed by atoms with E-state index in [2.05, 4.69) is 5.32 Å². The zero-order chi connectivity index (χ0) is 16.2. The average Bonchev–Trinajstić information content (AvgIpc) is 2.56. The van der Waals surface area contributed by atoms with Gasteiger partial charge >= 0.3 is 11.9 Å². The van der Waals surface area contributed by atoms with Gasteiger partial charge in [-0.25, -0.2) is 4.79 Å². The minimum absolute atomic E-state index is 0.00600. The molecule has 2 saturated heterocycles. The van der Waals surface area contributed by atoms with Crippen molar-refractivity contribution in [2.24, 2.45) is 0 Å². The van der Waals surface area contributed by atoms with Crippen molar-refractivity contribution < 1.29 is 24.2 Å². The fourth-order valence-electron chi connectivity index (χ4n) is 3.16. The largest absolute Gasteiger partial charge is 0.478 e. The number of ether oxygens (including phenoxy) is 2. The molecule has 3 heterocycles. The highest BCUT2D eigenvalue weighted by atomic mass is 16.5. The fourth-order valence-corrected chi connectivity index (χ4v) is 3.16. The van der Waals surface area contributed by atoms with E-state index < -0.39 is 5.97 Å². The second-order valence-electron chi connectivity index (χ2n) is 6.06. The van der Waals surface area contributed by atoms with Gasteiger partial charge in [0.05, 0.1) is 18.6 Å². The van der Waals surface area contributed by atoms with Crippen LogP contribution in [0.1, 0.15) is 25.7 Å². The van der Waals surface area contributed by atoms with Crippen LogP contribution in [0, 0.1) is 0 Å². The van der Waals surface area contributed by atoms with Gasteiger partial charge in [0.15, 0.2) is 0 Å². The van der Waals surface area contributed by atoms with Gasteiger partial charge in [0.25, 0.3) is 0 Å². The molecule has 23 heavy (non-hydrogen) atoms. The molecule has 1 atom stereocenters. The third-order valence-electron chi connectivity index (χ3n) is 4.49. The van der Waals surface area contributed by atoms with E-state index in [0.717, 1.165) is 19.3 Å². The van der Waals surface area contributed by atoms with Crippen LogP contribution in [-0.2, 0) is 19.1 Å². The van der Waals surface area contributed by atoms with Gasteiger partial charge in [-0.1, -0.05) is 0 Å². The highest BCUT2D eigenvalue weighted by molar-refractivity contribution is 5.91. The Bertz CT molecular complexity index is 537. The van der Waals surface area contributed by atoms with Gasteiger partial charge in [-0.15, -0.1) is 0 Å². The zero-order valence-electron chi connectivity index (χ0n) is 13.0. The van der Waals surface area contributed by atoms with Crippen molar-refractivity contribution in [1.82, 2.24) is 10.2 Å². The Hall–Kier alpha value is -2.02. The smallest absolute Gasteiger partial charge is 0.339 e. The third kappa shape index (κ3) is 3.85. The summed E-state index contributed by atoms with van der Waals surface area (Å²) in [5, 5.41) is 12.8. The number of nitrogens with zero attached hydrogens (tertiary/aromatic N) is 1. The van der Waals surface area contributed by atoms with Crippen LogP contribution in [0.2, 0.25) is 0 Å². The molecule has 0 bridgehead atoms. The standard InChI is InChI=1S/C16H22N2O5/c19-15-9-12(4-8-23-15)18-5-1-14(13(10-18)16(20)21)17-11-2-6-22-7-3-11/h1,10-12,17H,2-9H2,(H,20,21). The summed E-state index contributed by atoms with van der Waals surface area (Å²) >= 11 is 0. The van der Waals surface area contributed by atoms with E-state index in [0.29, 0.717) is 38.5 Å². The lowest BCUT2D eigenvalue weighted by Crippen LogP contribution is -2.42. The van der Waals surface area contributed by atoms with Crippen LogP contribution in [-0.4, -0.2) is 60.4 Å². The van der Waals surface area contributed by atoms with Crippen LogP contribution in [0.5, 0.6) is 0 Å². The first-order chi connectivity index (χ1) is 11.1. The zero-order valence-corrected chi connectivity index (χ0v) is 13.0. The number of nitrogens with one attached hydrogen (secondary N) is 1. The predicted molar refractivity (Wildman–Crippen MR) is 81.5 cm³/mol. The number of carboxylic acids is 1. The summed E-state index contributed by atoms with van der Waals surface area (Å²) in [6, 6.07) is 0.250. The van der Waals surface area contributed by atoms with Crippen molar-refractivity contribution in [3.05, 3.63) is 23.5 Å². The number of aliphatic carboxylic acids is 1. The first-order valence-corrected chi connectivity index (χ1v) is 8.05. The molecular formula is C16H22N2O5. The van der Waals surface area contributed by atoms with Crippen molar-refractivity contribution in [2.75, 3.05) is 26.4 Å². The monoisotopic (exact) mass is 322 g/mol. The Morgan fingerprint density at radius 3 is 2.74 bits per heavy atom. The molecule has 1 unspecified atom stereocenters. The molecular weight excluding hydrogens is 300 g/mol. The topological polar surface area (TPSA) is 88.1 Å². The van der Waals surface area contributed by atoms with Gasteiger partial charge in [0, 0.05) is 50.2 Å². The van der Waals surface area contributed by atoms with E-state index in [1.165, 1.54) is 0 Å². The molecule has 0 aromatic carbocycles. The number of hydrogen-bond donors (Lipinski definition) is 2. The second-order valence-corrected chi connectivity index (χ2v) is 6.06. The van der Waals surface area contributed by atoms with Gasteiger partial charge in [0.2, 0.25) is 0 Å². The second kappa shape index (κ2) is 7.04. The summed E-state index contributed by atoms with van der Waals surface area (Å²) in [4.78, 5) is 25.0. The van der Waals surface area contributed by atoms with Crippen LogP contribution < -0.4 is 5.32 Å². The minimum atomic E-state index is -0.959. The van der Waals surface area contributed by atoms with E-state index in [1.54, 1.807) is 6.20 Å². The van der Waals surface area contributed by atoms with E-state index in [1.807, 2.05) is 11.0 Å². The molecule has 0 saturated carbocycles. The van der Waals surface area contributed by atoms with E-state index in [9.17, 15) is 14.7 Å². The summed E-state index contributed by atoms with van der Waals surface area (Å²) < 4.78 is 10.3. The summed E-state index contributed by atoms with van der Waals surface area (Å²) in [7, 11) is 0. The summed E-state index contributed by atoms with van der Waals surface area (Å²) in [6.45, 7) is 2.40. The van der Waals surface area contributed by atoms with Gasteiger partial charge < -0.3 is 24.8 Å². The molecule has 3 rings (SSSR count). The lowest BCUT2D eigenvalue weighted by molar-refractivity contribution is -0.149. The van der Waals surface area contributed by atoms with Gasteiger partial charge in [-0.3, -0.25) is 4.79 Å². The number of esters is 1. The number of carbonyl (C=O) groups excluding carboxylic acids is 1. The molecule has 0 aromatic heterocycles. The predicted octanol–water partition coefficient (Wildman–Crippen LogP) is 0.629. The molecule has 3 aliphatic heterocycles. The lowest BCUT2D eigenvalue weighted by atomic mass is 10.0. The Morgan fingerprint density at radius 2 is 2.04 bits per heavy atom. The van der Waals surface area contributed by atoms with Crippen LogP contribution in [0.3, 0.4) is 0 Å². The van der Waals surface area contributed by atoms with Crippen LogP contribution in [0.15, 0.2) is 23.5 Å². The van der Waals surface area contributed by atoms with E-state index >= 15 is 0 Å². The van der Waals surface area contributed by atoms with Gasteiger partial charge in [-0.2, -0.15) is 0 Å². The highest BCUT2D eigenvalue weighted by Gasteiger charge is 2.29. The Labute approximate surface area is 134 Å². The van der Waals surface area contributed by atoms with Crippen LogP contribution in [0.25, 0.3) is 0 Å². The summed E-state index contributed by atoms with van der Waals surface area (Å²) in [5.41, 5.74) is 0.917. The quantitative estimate of drug-likeness (QED) is 0.734. The van der Waals surface area contributed by atoms with Crippen molar-refractivity contribution in [3.63, 3.8) is 0 Å². The first-order valence-electron chi connectivity index (χ1n) is 8.05. The number of cyclic esters (lactones) is 1. The van der Waals surface area contributed by atoms with Crippen molar-refractivity contribution in [3.8, 4) is 0 Å². The molecule has 0 radical (unpaired) electrons. The van der Waals surface area contributed by atoms with Crippen LogP contribution >= 0.6 is 0 Å². The maximum Gasteiger partial charge on any atom is 0.339 e. The van der Waals surface area contributed by atoms with E-state index in [4.69, 9.17) is 9.47 Å². The normalized spacial score (nSPS) is 26.2. The molecule has 126 valence electrons. The third-order valence-corrected chi connectivity index (χ3v) is 4.49. The minimum Gasteiger partial charge on any atom is -0.478 e. The Balaban J connectivity index is 1.69. The Morgan fingerprint density at radius 1 is 1.26 bits per heavy atom. The average molecular weight is 322 g/mol. The molecule has 0 aliphatic carbocycles. The molecule has 7 heteroatoms. The van der Waals surface area contributed by atoms with Crippen molar-refractivity contribution in [1.29, 1.82) is 0 Å². The van der Waals surface area contributed by atoms with Crippen molar-refractivity contribution >= 4 is 11.9 Å². The molecule has 2 N–H and O–H groups in total. The van der Waals surface area contributed by atoms with Crippen LogP contribution in [0.4, 0.5) is 0 Å². The maximum absolute atomic E-state index is 11.6. The van der Waals surface area contributed by atoms with Gasteiger partial charge in [0.1, 0.15) is 0 Å². The van der Waals surface area contributed by atoms with E-state index in [-0.39, 0.29) is 23.6 Å². The summed E-state index contributed by atoms with van der Waals surface area (Å²) in [6.07, 6.45) is 6.35. The Kier molecular flexibility index (Phi) is 4.85. The molecule has 2 fully saturated rings. The SMILES string of the molecule is O=C1CC(N2C=C(C(=O)O)C(NC3CCOCC3)=CC2)CCO1. The molecule has 3 aliphatic rings. The fraction of sp³-hybridized carbons (Fsp3) is 0.625. The number of hydrogen-bond acceptors (Lipinski definition) is 6. The highest BCUT2D eigenvalue weighted by Crippen LogP contribution is 2.23. The lowest BCUT2D eigenvalue weighted by Gasteiger charge is -2.35. The van der Waals surface area contributed by atoms with Crippen molar-refractivity contribution in [2.45, 2.75) is 37.8 Å². The molecule has 0 aromatic rings. The number of carbonyl (C=O) groups is 2. The molecule has 0 spiro atoms. The molecule has 0 amide bonds. The number of rotatable bonds is 4. The number of carboxylic acid groups (broad SMARTS) is 1. The van der Waals surface area contributed by atoms with Gasteiger partial charge in [-0.05, 0) is 18.9 Å². The first kappa shape index (κ1) is 15.9. The molecule has 7 nitrogen and oxygen atoms in total. The maximum atomic E-state index is 11.6.